The second-order valence-electron chi connectivity index (χ2n) is 8.12. The van der Waals surface area contributed by atoms with Gasteiger partial charge >= 0.3 is 0 Å². The van der Waals surface area contributed by atoms with Crippen LogP contribution in [-0.4, -0.2) is 33.7 Å². The zero-order chi connectivity index (χ0) is 19.9. The molecule has 166 valence electrons. The molecule has 1 amide bonds. The molecular formula is C21H28Cl2F2N4O. The van der Waals surface area contributed by atoms with Gasteiger partial charge in [0.1, 0.15) is 5.82 Å². The number of carbonyl (C=O) groups is 1. The number of hydrogen-bond donors (Lipinski definition) is 2. The summed E-state index contributed by atoms with van der Waals surface area (Å²) in [7, 11) is 1.79. The van der Waals surface area contributed by atoms with E-state index in [2.05, 4.69) is 15.7 Å². The van der Waals surface area contributed by atoms with Crippen molar-refractivity contribution in [1.82, 2.24) is 15.1 Å². The highest BCUT2D eigenvalue weighted by Crippen LogP contribution is 2.43. The number of carbonyl (C=O) groups excluding carboxylic acids is 1. The van der Waals surface area contributed by atoms with Crippen molar-refractivity contribution in [2.45, 2.75) is 63.0 Å². The summed E-state index contributed by atoms with van der Waals surface area (Å²) in [5.41, 5.74) is 2.57. The first kappa shape index (κ1) is 24.6. The molecule has 2 fully saturated rings. The Hall–Kier alpha value is -1.70. The van der Waals surface area contributed by atoms with Gasteiger partial charge in [0.2, 0.25) is 5.92 Å². The number of aryl methyl sites for hydroxylation is 2. The van der Waals surface area contributed by atoms with Crippen LogP contribution in [0, 0.1) is 6.92 Å². The lowest BCUT2D eigenvalue weighted by atomic mass is 9.92. The van der Waals surface area contributed by atoms with Crippen molar-refractivity contribution in [1.29, 1.82) is 0 Å². The number of nitrogens with zero attached hydrogens (tertiary/aromatic N) is 2. The van der Waals surface area contributed by atoms with Gasteiger partial charge in [0.05, 0.1) is 5.69 Å². The Bertz CT molecular complexity index is 880. The molecule has 2 N–H and O–H groups in total. The van der Waals surface area contributed by atoms with Crippen LogP contribution < -0.4 is 10.6 Å². The van der Waals surface area contributed by atoms with E-state index in [1.165, 1.54) is 0 Å². The van der Waals surface area contributed by atoms with E-state index < -0.39 is 5.92 Å². The molecule has 30 heavy (non-hydrogen) atoms. The summed E-state index contributed by atoms with van der Waals surface area (Å²) < 4.78 is 28.3. The van der Waals surface area contributed by atoms with Crippen LogP contribution in [-0.2, 0) is 7.05 Å². The number of hydrogen-bond acceptors (Lipinski definition) is 3. The molecule has 1 heterocycles. The number of anilines is 1. The average molecular weight is 461 g/mol. The summed E-state index contributed by atoms with van der Waals surface area (Å²) in [6, 6.07) is 9.98. The molecule has 0 radical (unpaired) electrons. The first-order chi connectivity index (χ1) is 13.3. The third kappa shape index (κ3) is 5.71. The third-order valence-electron chi connectivity index (χ3n) is 5.78. The summed E-state index contributed by atoms with van der Waals surface area (Å²) in [5.74, 6) is -1.65. The minimum absolute atomic E-state index is 0. The van der Waals surface area contributed by atoms with Crippen LogP contribution in [0.5, 0.6) is 0 Å². The second-order valence-corrected chi connectivity index (χ2v) is 8.12. The molecule has 0 saturated heterocycles. The topological polar surface area (TPSA) is 59.0 Å². The van der Waals surface area contributed by atoms with Gasteiger partial charge in [-0.25, -0.2) is 8.78 Å². The number of rotatable bonds is 5. The molecule has 9 heteroatoms. The molecule has 1 aromatic carbocycles. The number of nitrogens with one attached hydrogen (secondary N) is 2. The van der Waals surface area contributed by atoms with Gasteiger partial charge < -0.3 is 10.6 Å². The number of amides is 1. The fourth-order valence-electron chi connectivity index (χ4n) is 4.08. The predicted octanol–water partition coefficient (Wildman–Crippen LogP) is 4.85. The number of aromatic nitrogens is 2. The third-order valence-corrected chi connectivity index (χ3v) is 5.78. The quantitative estimate of drug-likeness (QED) is 0.670. The molecule has 1 aromatic heterocycles. The Morgan fingerprint density at radius 3 is 2.53 bits per heavy atom. The first-order valence-electron chi connectivity index (χ1n) is 9.86. The zero-order valence-electron chi connectivity index (χ0n) is 17.0. The van der Waals surface area contributed by atoms with Gasteiger partial charge in [-0.15, -0.1) is 24.8 Å². The minimum Gasteiger partial charge on any atom is -0.311 e. The second kappa shape index (κ2) is 9.62. The first-order valence-corrected chi connectivity index (χ1v) is 9.86. The van der Waals surface area contributed by atoms with Crippen molar-refractivity contribution in [3.05, 3.63) is 47.2 Å². The fourth-order valence-corrected chi connectivity index (χ4v) is 4.08. The predicted molar refractivity (Wildman–Crippen MR) is 118 cm³/mol. The highest BCUT2D eigenvalue weighted by atomic mass is 35.5. The molecule has 5 nitrogen and oxygen atoms in total. The smallest absolute Gasteiger partial charge is 0.256 e. The van der Waals surface area contributed by atoms with E-state index in [0.29, 0.717) is 36.2 Å². The van der Waals surface area contributed by atoms with Crippen LogP contribution in [0.2, 0.25) is 0 Å². The molecule has 2 aromatic rings. The van der Waals surface area contributed by atoms with E-state index in [1.807, 2.05) is 31.2 Å². The Balaban J connectivity index is 0.00000160. The molecule has 2 atom stereocenters. The van der Waals surface area contributed by atoms with Crippen LogP contribution in [0.1, 0.15) is 59.6 Å². The lowest BCUT2D eigenvalue weighted by molar-refractivity contribution is -0.0405. The van der Waals surface area contributed by atoms with Crippen LogP contribution >= 0.6 is 24.8 Å². The maximum absolute atomic E-state index is 13.3. The summed E-state index contributed by atoms with van der Waals surface area (Å²) in [6.07, 6.45) is 2.00. The Morgan fingerprint density at radius 1 is 1.20 bits per heavy atom. The van der Waals surface area contributed by atoms with E-state index in [9.17, 15) is 13.6 Å². The number of benzene rings is 1. The van der Waals surface area contributed by atoms with Gasteiger partial charge in [-0.2, -0.15) is 5.10 Å². The molecule has 2 aliphatic carbocycles. The zero-order valence-corrected chi connectivity index (χ0v) is 18.7. The standard InChI is InChI=1S/C21H26F2N4O.2ClH/c1-13-10-19(27(2)26-13)25-20(28)15-5-3-4-14(11-15)17-12-18(17)24-16-6-8-21(22,23)9-7-16;;/h3-5,10-11,16-18,24H,6-9,12H2,1-2H3,(H,25,28);2*1H/t17-,18+;;/m0../s1. The molecule has 0 spiro atoms. The van der Waals surface area contributed by atoms with Crippen molar-refractivity contribution in [3.8, 4) is 0 Å². The van der Waals surface area contributed by atoms with Crippen molar-refractivity contribution >= 4 is 36.5 Å². The highest BCUT2D eigenvalue weighted by molar-refractivity contribution is 6.04. The lowest BCUT2D eigenvalue weighted by Crippen LogP contribution is -2.38. The molecule has 2 aliphatic rings. The Kier molecular flexibility index (Phi) is 7.88. The molecule has 2 saturated carbocycles. The van der Waals surface area contributed by atoms with E-state index in [1.54, 1.807) is 17.8 Å². The van der Waals surface area contributed by atoms with Crippen molar-refractivity contribution in [3.63, 3.8) is 0 Å². The summed E-state index contributed by atoms with van der Waals surface area (Å²) >= 11 is 0. The maximum Gasteiger partial charge on any atom is 0.256 e. The van der Waals surface area contributed by atoms with Gasteiger partial charge in [0.15, 0.2) is 0 Å². The van der Waals surface area contributed by atoms with Gasteiger partial charge in [-0.3, -0.25) is 9.48 Å². The monoisotopic (exact) mass is 460 g/mol. The van der Waals surface area contributed by atoms with E-state index in [-0.39, 0.29) is 49.6 Å². The fraction of sp³-hybridized carbons (Fsp3) is 0.524. The average Bonchev–Trinajstić information content (AvgIpc) is 3.34. The van der Waals surface area contributed by atoms with Gasteiger partial charge in [-0.05, 0) is 43.9 Å². The van der Waals surface area contributed by atoms with E-state index in [0.717, 1.165) is 17.7 Å². The Morgan fingerprint density at radius 2 is 1.90 bits per heavy atom. The summed E-state index contributed by atoms with van der Waals surface area (Å²) in [6.45, 7) is 1.88. The van der Waals surface area contributed by atoms with Gasteiger partial charge in [-0.1, -0.05) is 12.1 Å². The lowest BCUT2D eigenvalue weighted by Gasteiger charge is -2.29. The van der Waals surface area contributed by atoms with Crippen molar-refractivity contribution < 1.29 is 13.6 Å². The van der Waals surface area contributed by atoms with Crippen molar-refractivity contribution in [2.24, 2.45) is 7.05 Å². The minimum atomic E-state index is -2.49. The van der Waals surface area contributed by atoms with E-state index >= 15 is 0 Å². The van der Waals surface area contributed by atoms with Crippen LogP contribution in [0.15, 0.2) is 30.3 Å². The van der Waals surface area contributed by atoms with Crippen molar-refractivity contribution in [2.75, 3.05) is 5.32 Å². The molecule has 4 rings (SSSR count). The van der Waals surface area contributed by atoms with Gasteiger partial charge in [0.25, 0.3) is 5.91 Å². The molecule has 0 bridgehead atoms. The van der Waals surface area contributed by atoms with Gasteiger partial charge in [0, 0.05) is 49.5 Å². The summed E-state index contributed by atoms with van der Waals surface area (Å²) in [4.78, 5) is 12.6. The van der Waals surface area contributed by atoms with Crippen LogP contribution in [0.3, 0.4) is 0 Å². The SMILES string of the molecule is Cc1cc(NC(=O)c2cccc([C@@H]3C[C@H]3NC3CCC(F)(F)CC3)c2)n(C)n1.Cl.Cl. The summed E-state index contributed by atoms with van der Waals surface area (Å²) in [5, 5.41) is 10.7. The van der Waals surface area contributed by atoms with Crippen LogP contribution in [0.25, 0.3) is 0 Å². The molecule has 0 aliphatic heterocycles. The largest absolute Gasteiger partial charge is 0.311 e. The highest BCUT2D eigenvalue weighted by Gasteiger charge is 2.42. The molecular weight excluding hydrogens is 433 g/mol. The van der Waals surface area contributed by atoms with E-state index in [4.69, 9.17) is 0 Å². The number of alkyl halides is 2. The number of halogens is 4. The Labute approximate surface area is 187 Å². The maximum atomic E-state index is 13.3. The molecule has 0 unspecified atom stereocenters. The normalized spacial score (nSPS) is 22.5. The van der Waals surface area contributed by atoms with Crippen LogP contribution in [0.4, 0.5) is 14.6 Å².